The van der Waals surface area contributed by atoms with Crippen molar-refractivity contribution in [2.24, 2.45) is 0 Å². The van der Waals surface area contributed by atoms with Crippen LogP contribution >= 0.6 is 0 Å². The van der Waals surface area contributed by atoms with E-state index in [0.29, 0.717) is 18.0 Å². The summed E-state index contributed by atoms with van der Waals surface area (Å²) in [5, 5.41) is 8.47. The molecule has 0 amide bonds. The number of anilines is 2. The van der Waals surface area contributed by atoms with E-state index < -0.39 is 9.84 Å². The van der Waals surface area contributed by atoms with Crippen molar-refractivity contribution in [3.63, 3.8) is 0 Å². The van der Waals surface area contributed by atoms with E-state index >= 15 is 0 Å². The van der Waals surface area contributed by atoms with Gasteiger partial charge in [-0.3, -0.25) is 4.68 Å². The van der Waals surface area contributed by atoms with E-state index in [-0.39, 0.29) is 10.7 Å². The smallest absolute Gasteiger partial charge is 0.229 e. The number of sulfone groups is 1. The third kappa shape index (κ3) is 5.88. The third-order valence-corrected chi connectivity index (χ3v) is 6.65. The molecule has 3 aromatic heterocycles. The van der Waals surface area contributed by atoms with E-state index in [4.69, 9.17) is 0 Å². The second-order valence-corrected chi connectivity index (χ2v) is 10.4. The Morgan fingerprint density at radius 1 is 1.03 bits per heavy atom. The monoisotopic (exact) mass is 480 g/mol. The number of rotatable bonds is 11. The van der Waals surface area contributed by atoms with E-state index in [1.807, 2.05) is 27.7 Å². The number of fused-ring (bicyclic) bond motifs is 1. The molecule has 0 saturated heterocycles. The van der Waals surface area contributed by atoms with Crippen LogP contribution in [0.1, 0.15) is 39.0 Å². The van der Waals surface area contributed by atoms with Gasteiger partial charge in [0.1, 0.15) is 11.4 Å². The minimum Gasteiger partial charge on any atom is -0.321 e. The number of nitrogens with zero attached hydrogens (tertiary/aromatic N) is 5. The molecule has 178 valence electrons. The highest BCUT2D eigenvalue weighted by molar-refractivity contribution is 7.90. The number of carbonyl (C=O) groups is 1. The fourth-order valence-corrected chi connectivity index (χ4v) is 4.35. The first-order chi connectivity index (χ1) is 16.3. The lowest BCUT2D eigenvalue weighted by atomic mass is 10.1. The van der Waals surface area contributed by atoms with Crippen molar-refractivity contribution < 1.29 is 13.2 Å². The van der Waals surface area contributed by atoms with Crippen molar-refractivity contribution in [2.45, 2.75) is 50.5 Å². The largest absolute Gasteiger partial charge is 0.321 e. The van der Waals surface area contributed by atoms with Crippen molar-refractivity contribution in [1.82, 2.24) is 24.3 Å². The zero-order chi connectivity index (χ0) is 24.1. The standard InChI is InChI=1S/C24H28N6O3S/c1-18(31)7-5-3-4-6-13-29-17-20(16-26-29)27-24-25-15-19-12-14-30(23(19)28-24)21-8-10-22(11-9-21)34(2,32)33/h8-12,14-17H,3-7,13H2,1-2H3,(H,25,27,28). The molecule has 1 N–H and O–H groups in total. The number of nitrogens with one attached hydrogen (secondary N) is 1. The second kappa shape index (κ2) is 10.2. The average Bonchev–Trinajstić information content (AvgIpc) is 3.42. The number of hydrogen-bond acceptors (Lipinski definition) is 7. The highest BCUT2D eigenvalue weighted by Crippen LogP contribution is 2.22. The zero-order valence-electron chi connectivity index (χ0n) is 19.3. The van der Waals surface area contributed by atoms with Crippen LogP contribution in [0.4, 0.5) is 11.6 Å². The maximum Gasteiger partial charge on any atom is 0.229 e. The van der Waals surface area contributed by atoms with Crippen molar-refractivity contribution >= 4 is 38.3 Å². The van der Waals surface area contributed by atoms with Crippen molar-refractivity contribution in [2.75, 3.05) is 11.6 Å². The van der Waals surface area contributed by atoms with Crippen LogP contribution in [0, 0.1) is 0 Å². The van der Waals surface area contributed by atoms with Gasteiger partial charge in [-0.25, -0.2) is 13.4 Å². The van der Waals surface area contributed by atoms with Crippen molar-refractivity contribution in [3.05, 3.63) is 55.1 Å². The summed E-state index contributed by atoms with van der Waals surface area (Å²) in [7, 11) is -3.25. The van der Waals surface area contributed by atoms with Gasteiger partial charge >= 0.3 is 0 Å². The molecule has 0 saturated carbocycles. The Bertz CT molecular complexity index is 1390. The van der Waals surface area contributed by atoms with Gasteiger partial charge in [-0.05, 0) is 50.1 Å². The van der Waals surface area contributed by atoms with Gasteiger partial charge in [0.2, 0.25) is 5.95 Å². The van der Waals surface area contributed by atoms with Crippen molar-refractivity contribution in [3.8, 4) is 5.69 Å². The van der Waals surface area contributed by atoms with Gasteiger partial charge in [-0.1, -0.05) is 12.8 Å². The summed E-state index contributed by atoms with van der Waals surface area (Å²) in [4.78, 5) is 20.3. The molecular formula is C24H28N6O3S. The highest BCUT2D eigenvalue weighted by Gasteiger charge is 2.11. The Labute approximate surface area is 198 Å². The van der Waals surface area contributed by atoms with Crippen LogP contribution in [0.3, 0.4) is 0 Å². The maximum absolute atomic E-state index is 11.7. The van der Waals surface area contributed by atoms with Gasteiger partial charge < -0.3 is 14.7 Å². The van der Waals surface area contributed by atoms with Crippen LogP contribution in [0.25, 0.3) is 16.7 Å². The van der Waals surface area contributed by atoms with Crippen LogP contribution in [0.5, 0.6) is 0 Å². The van der Waals surface area contributed by atoms with E-state index in [9.17, 15) is 13.2 Å². The number of aromatic nitrogens is 5. The normalized spacial score (nSPS) is 11.7. The van der Waals surface area contributed by atoms with E-state index in [2.05, 4.69) is 20.4 Å². The van der Waals surface area contributed by atoms with Crippen LogP contribution < -0.4 is 5.32 Å². The highest BCUT2D eigenvalue weighted by atomic mass is 32.2. The summed E-state index contributed by atoms with van der Waals surface area (Å²) >= 11 is 0. The summed E-state index contributed by atoms with van der Waals surface area (Å²) in [6.45, 7) is 2.45. The molecule has 0 radical (unpaired) electrons. The molecule has 0 spiro atoms. The zero-order valence-corrected chi connectivity index (χ0v) is 20.1. The fraction of sp³-hybridized carbons (Fsp3) is 0.333. The molecule has 0 atom stereocenters. The number of unbranched alkanes of at least 4 members (excludes halogenated alkanes) is 3. The Morgan fingerprint density at radius 2 is 1.79 bits per heavy atom. The number of benzene rings is 1. The number of hydrogen-bond donors (Lipinski definition) is 1. The summed E-state index contributed by atoms with van der Waals surface area (Å²) in [6.07, 6.45) is 13.2. The molecule has 0 aliphatic heterocycles. The third-order valence-electron chi connectivity index (χ3n) is 5.53. The molecule has 4 aromatic rings. The van der Waals surface area contributed by atoms with Crippen LogP contribution in [-0.2, 0) is 21.2 Å². The summed E-state index contributed by atoms with van der Waals surface area (Å²) in [5.74, 6) is 0.698. The number of Topliss-reactive ketones (excluding diaryl/α,β-unsaturated/α-hetero) is 1. The SMILES string of the molecule is CC(=O)CCCCCCn1cc(Nc2ncc3ccn(-c4ccc(S(C)(=O)=O)cc4)c3n2)cn1. The molecule has 0 aliphatic rings. The van der Waals surface area contributed by atoms with Gasteiger partial charge in [0.25, 0.3) is 0 Å². The predicted molar refractivity (Wildman–Crippen MR) is 131 cm³/mol. The maximum atomic E-state index is 11.7. The molecule has 3 heterocycles. The van der Waals surface area contributed by atoms with Crippen LogP contribution in [-0.4, -0.2) is 44.8 Å². The predicted octanol–water partition coefficient (Wildman–Crippen LogP) is 4.30. The molecule has 4 rings (SSSR count). The fourth-order valence-electron chi connectivity index (χ4n) is 3.72. The van der Waals surface area contributed by atoms with Crippen molar-refractivity contribution in [1.29, 1.82) is 0 Å². The lowest BCUT2D eigenvalue weighted by molar-refractivity contribution is -0.117. The Hall–Kier alpha value is -3.53. The Balaban J connectivity index is 1.41. The number of carbonyl (C=O) groups excluding carboxylic acids is 1. The molecule has 0 bridgehead atoms. The first-order valence-electron chi connectivity index (χ1n) is 11.2. The molecule has 0 unspecified atom stereocenters. The first-order valence-corrected chi connectivity index (χ1v) is 13.1. The minimum atomic E-state index is -3.25. The molecule has 0 aliphatic carbocycles. The lowest BCUT2D eigenvalue weighted by Crippen LogP contribution is -2.01. The van der Waals surface area contributed by atoms with Gasteiger partial charge in [-0.2, -0.15) is 10.1 Å². The molecule has 34 heavy (non-hydrogen) atoms. The van der Waals surface area contributed by atoms with E-state index in [0.717, 1.165) is 49.0 Å². The summed E-state index contributed by atoms with van der Waals surface area (Å²) in [6, 6.07) is 8.62. The van der Waals surface area contributed by atoms with Crippen LogP contribution in [0.15, 0.2) is 60.0 Å². The number of ketones is 1. The van der Waals surface area contributed by atoms with Gasteiger partial charge in [-0.15, -0.1) is 0 Å². The summed E-state index contributed by atoms with van der Waals surface area (Å²) in [5.41, 5.74) is 2.32. The quantitative estimate of drug-likeness (QED) is 0.318. The minimum absolute atomic E-state index is 0.250. The topological polar surface area (TPSA) is 112 Å². The number of aryl methyl sites for hydroxylation is 1. The Morgan fingerprint density at radius 3 is 2.53 bits per heavy atom. The van der Waals surface area contributed by atoms with E-state index in [1.54, 1.807) is 43.6 Å². The van der Waals surface area contributed by atoms with Gasteiger partial charge in [0.05, 0.1) is 16.8 Å². The second-order valence-electron chi connectivity index (χ2n) is 8.41. The molecular weight excluding hydrogens is 452 g/mol. The first kappa shape index (κ1) is 23.6. The average molecular weight is 481 g/mol. The molecule has 9 nitrogen and oxygen atoms in total. The summed E-state index contributed by atoms with van der Waals surface area (Å²) < 4.78 is 27.2. The molecule has 10 heteroatoms. The lowest BCUT2D eigenvalue weighted by Gasteiger charge is -2.07. The molecule has 0 fully saturated rings. The van der Waals surface area contributed by atoms with Gasteiger partial charge in [0, 0.05) is 48.9 Å². The Kier molecular flexibility index (Phi) is 7.06. The molecule has 1 aromatic carbocycles. The van der Waals surface area contributed by atoms with Crippen LogP contribution in [0.2, 0.25) is 0 Å². The van der Waals surface area contributed by atoms with E-state index in [1.165, 1.54) is 6.26 Å². The van der Waals surface area contributed by atoms with Gasteiger partial charge in [0.15, 0.2) is 9.84 Å².